The Hall–Kier alpha value is -0.630. The van der Waals surface area contributed by atoms with Gasteiger partial charge >= 0.3 is 0 Å². The molecule has 2 nitrogen and oxygen atoms in total. The second-order valence-electron chi connectivity index (χ2n) is 1.37. The molecule has 0 saturated carbocycles. The molecule has 0 aromatic rings. The van der Waals surface area contributed by atoms with Crippen LogP contribution in [-0.2, 0) is 0 Å². The summed E-state index contributed by atoms with van der Waals surface area (Å²) in [7, 11) is 0. The molecule has 1 heterocycles. The van der Waals surface area contributed by atoms with E-state index in [1.54, 1.807) is 6.20 Å². The van der Waals surface area contributed by atoms with Gasteiger partial charge < -0.3 is 10.2 Å². The molecule has 0 unspecified atom stereocenters. The summed E-state index contributed by atoms with van der Waals surface area (Å²) in [6, 6.07) is 0. The van der Waals surface area contributed by atoms with Gasteiger partial charge in [0, 0.05) is 12.4 Å². The number of nitrogens with zero attached hydrogens (tertiary/aromatic N) is 1. The number of hydrogen-bond acceptors (Lipinski definition) is 2. The fourth-order valence-corrected chi connectivity index (χ4v) is 0.485. The standard InChI is InChI=1S/C5H8N2.ClH/c1-2-7-4-3-6-5-7;/h2-4,6H,1,5H2;1H. The second-order valence-corrected chi connectivity index (χ2v) is 1.37. The zero-order valence-corrected chi connectivity index (χ0v) is 5.32. The summed E-state index contributed by atoms with van der Waals surface area (Å²) in [6.07, 6.45) is 5.60. The third-order valence-electron chi connectivity index (χ3n) is 0.892. The lowest BCUT2D eigenvalue weighted by Gasteiger charge is -2.04. The normalized spacial score (nSPS) is 14.8. The summed E-state index contributed by atoms with van der Waals surface area (Å²) in [4.78, 5) is 1.96. The Morgan fingerprint density at radius 1 is 1.75 bits per heavy atom. The van der Waals surface area contributed by atoms with Gasteiger partial charge in [-0.25, -0.2) is 0 Å². The van der Waals surface area contributed by atoms with E-state index in [-0.39, 0.29) is 12.4 Å². The molecule has 0 fully saturated rings. The van der Waals surface area contributed by atoms with Crippen LogP contribution >= 0.6 is 12.4 Å². The average Bonchev–Trinajstić information content (AvgIpc) is 2.14. The number of rotatable bonds is 1. The highest BCUT2D eigenvalue weighted by molar-refractivity contribution is 5.85. The van der Waals surface area contributed by atoms with Crippen molar-refractivity contribution in [3.8, 4) is 0 Å². The van der Waals surface area contributed by atoms with E-state index in [1.807, 2.05) is 17.3 Å². The maximum atomic E-state index is 3.58. The Labute approximate surface area is 55.3 Å². The summed E-state index contributed by atoms with van der Waals surface area (Å²) >= 11 is 0. The molecule has 0 aromatic heterocycles. The van der Waals surface area contributed by atoms with Gasteiger partial charge in [0.2, 0.25) is 0 Å². The van der Waals surface area contributed by atoms with Crippen molar-refractivity contribution in [2.45, 2.75) is 0 Å². The van der Waals surface area contributed by atoms with Crippen molar-refractivity contribution in [3.63, 3.8) is 0 Å². The highest BCUT2D eigenvalue weighted by Gasteiger charge is 1.93. The number of halogens is 1. The van der Waals surface area contributed by atoms with Crippen LogP contribution in [0.25, 0.3) is 0 Å². The molecule has 1 rings (SSSR count). The van der Waals surface area contributed by atoms with Crippen LogP contribution < -0.4 is 5.32 Å². The molecule has 0 aliphatic carbocycles. The summed E-state index contributed by atoms with van der Waals surface area (Å²) < 4.78 is 0. The molecule has 8 heavy (non-hydrogen) atoms. The van der Waals surface area contributed by atoms with Crippen LogP contribution in [0.5, 0.6) is 0 Å². The minimum absolute atomic E-state index is 0. The third-order valence-corrected chi connectivity index (χ3v) is 0.892. The van der Waals surface area contributed by atoms with Crippen LogP contribution in [0, 0.1) is 0 Å². The van der Waals surface area contributed by atoms with Gasteiger partial charge in [-0.1, -0.05) is 6.58 Å². The van der Waals surface area contributed by atoms with Gasteiger partial charge in [0.25, 0.3) is 0 Å². The summed E-state index contributed by atoms with van der Waals surface area (Å²) in [5, 5.41) is 3.00. The lowest BCUT2D eigenvalue weighted by atomic mass is 10.8. The first-order valence-electron chi connectivity index (χ1n) is 2.22. The SMILES string of the molecule is C=CN1C=CNC1.Cl. The first-order valence-corrected chi connectivity index (χ1v) is 2.22. The largest absolute Gasteiger partial charge is 0.372 e. The summed E-state index contributed by atoms with van der Waals surface area (Å²) in [5.74, 6) is 0. The Morgan fingerprint density at radius 2 is 2.50 bits per heavy atom. The molecule has 0 bridgehead atoms. The zero-order valence-electron chi connectivity index (χ0n) is 4.50. The number of hydrogen-bond donors (Lipinski definition) is 1. The lowest BCUT2D eigenvalue weighted by molar-refractivity contribution is 0.525. The van der Waals surface area contributed by atoms with Gasteiger partial charge in [-0.2, -0.15) is 0 Å². The fraction of sp³-hybridized carbons (Fsp3) is 0.200. The van der Waals surface area contributed by atoms with E-state index >= 15 is 0 Å². The van der Waals surface area contributed by atoms with Crippen molar-refractivity contribution >= 4 is 12.4 Å². The fourth-order valence-electron chi connectivity index (χ4n) is 0.485. The lowest BCUT2D eigenvalue weighted by Crippen LogP contribution is -2.13. The van der Waals surface area contributed by atoms with Gasteiger partial charge in [0.05, 0.1) is 6.67 Å². The summed E-state index contributed by atoms with van der Waals surface area (Å²) in [5.41, 5.74) is 0. The third kappa shape index (κ3) is 1.46. The maximum absolute atomic E-state index is 3.58. The predicted octanol–water partition coefficient (Wildman–Crippen LogP) is 0.886. The van der Waals surface area contributed by atoms with Crippen molar-refractivity contribution in [2.24, 2.45) is 0 Å². The van der Waals surface area contributed by atoms with E-state index < -0.39 is 0 Å². The van der Waals surface area contributed by atoms with Crippen LogP contribution in [0.2, 0.25) is 0 Å². The van der Waals surface area contributed by atoms with Crippen LogP contribution in [0.15, 0.2) is 25.2 Å². The Kier molecular flexibility index (Phi) is 3.12. The molecule has 3 heteroatoms. The first kappa shape index (κ1) is 7.37. The van der Waals surface area contributed by atoms with Gasteiger partial charge in [-0.05, 0) is 6.20 Å². The van der Waals surface area contributed by atoms with E-state index in [4.69, 9.17) is 0 Å². The molecule has 0 saturated heterocycles. The first-order chi connectivity index (χ1) is 3.43. The monoisotopic (exact) mass is 132 g/mol. The molecule has 0 atom stereocenters. The number of nitrogens with one attached hydrogen (secondary N) is 1. The van der Waals surface area contributed by atoms with E-state index in [9.17, 15) is 0 Å². The highest BCUT2D eigenvalue weighted by Crippen LogP contribution is 1.91. The van der Waals surface area contributed by atoms with Gasteiger partial charge in [0.1, 0.15) is 0 Å². The van der Waals surface area contributed by atoms with Gasteiger partial charge in [0.15, 0.2) is 0 Å². The summed E-state index contributed by atoms with van der Waals surface area (Å²) in [6.45, 7) is 4.44. The van der Waals surface area contributed by atoms with E-state index in [1.165, 1.54) is 0 Å². The van der Waals surface area contributed by atoms with Gasteiger partial charge in [-0.15, -0.1) is 12.4 Å². The molecule has 0 radical (unpaired) electrons. The van der Waals surface area contributed by atoms with Crippen molar-refractivity contribution in [2.75, 3.05) is 6.67 Å². The van der Waals surface area contributed by atoms with Crippen LogP contribution in [0.4, 0.5) is 0 Å². The topological polar surface area (TPSA) is 15.3 Å². The van der Waals surface area contributed by atoms with Crippen molar-refractivity contribution in [3.05, 3.63) is 25.2 Å². The molecule has 1 aliphatic rings. The Morgan fingerprint density at radius 3 is 2.75 bits per heavy atom. The highest BCUT2D eigenvalue weighted by atomic mass is 35.5. The molecule has 0 spiro atoms. The molecule has 0 aromatic carbocycles. The molecular weight excluding hydrogens is 124 g/mol. The molecular formula is C5H9ClN2. The second kappa shape index (κ2) is 3.38. The van der Waals surface area contributed by atoms with Crippen LogP contribution in [-0.4, -0.2) is 11.6 Å². The van der Waals surface area contributed by atoms with E-state index in [0.717, 1.165) is 6.67 Å². The van der Waals surface area contributed by atoms with Crippen molar-refractivity contribution in [1.82, 2.24) is 10.2 Å². The van der Waals surface area contributed by atoms with E-state index in [2.05, 4.69) is 11.9 Å². The van der Waals surface area contributed by atoms with Crippen LogP contribution in [0.3, 0.4) is 0 Å². The minimum atomic E-state index is 0. The quantitative estimate of drug-likeness (QED) is 0.570. The maximum Gasteiger partial charge on any atom is 0.0910 e. The molecule has 1 aliphatic heterocycles. The van der Waals surface area contributed by atoms with Gasteiger partial charge in [-0.3, -0.25) is 0 Å². The average molecular weight is 133 g/mol. The molecule has 46 valence electrons. The van der Waals surface area contributed by atoms with Crippen molar-refractivity contribution in [1.29, 1.82) is 0 Å². The zero-order chi connectivity index (χ0) is 5.11. The van der Waals surface area contributed by atoms with E-state index in [0.29, 0.717) is 0 Å². The van der Waals surface area contributed by atoms with Crippen molar-refractivity contribution < 1.29 is 0 Å². The molecule has 0 amide bonds. The minimum Gasteiger partial charge on any atom is -0.372 e. The predicted molar refractivity (Wildman–Crippen MR) is 36.4 cm³/mol. The van der Waals surface area contributed by atoms with Crippen LogP contribution in [0.1, 0.15) is 0 Å². The Bertz CT molecular complexity index is 101. The smallest absolute Gasteiger partial charge is 0.0910 e. The Balaban J connectivity index is 0.000000490. The molecule has 1 N–H and O–H groups in total.